The molecule has 0 amide bonds. The highest BCUT2D eigenvalue weighted by molar-refractivity contribution is 8.14. The summed E-state index contributed by atoms with van der Waals surface area (Å²) in [7, 11) is -2.02. The summed E-state index contributed by atoms with van der Waals surface area (Å²) < 4.78 is 3.49. The first-order chi connectivity index (χ1) is 23.5. The van der Waals surface area contributed by atoms with Crippen LogP contribution in [0.15, 0.2) is 139 Å². The van der Waals surface area contributed by atoms with E-state index in [0.717, 1.165) is 0 Å². The Labute approximate surface area is 310 Å². The van der Waals surface area contributed by atoms with E-state index in [-0.39, 0.29) is 19.0 Å². The summed E-state index contributed by atoms with van der Waals surface area (Å²) in [5, 5.41) is 0. The average molecular weight is 729 g/mol. The fourth-order valence-electron chi connectivity index (χ4n) is 10.1. The first kappa shape index (κ1) is 31.7. The lowest BCUT2D eigenvalue weighted by atomic mass is 9.72. The van der Waals surface area contributed by atoms with Gasteiger partial charge in [0.05, 0.1) is 19.0 Å². The van der Waals surface area contributed by atoms with Crippen molar-refractivity contribution in [1.29, 1.82) is 0 Å². The summed E-state index contributed by atoms with van der Waals surface area (Å²) in [5.74, 6) is 0. The summed E-state index contributed by atoms with van der Waals surface area (Å²) >= 11 is 8.81. The van der Waals surface area contributed by atoms with Crippen molar-refractivity contribution < 1.29 is 0 Å². The highest BCUT2D eigenvalue weighted by Crippen LogP contribution is 2.73. The van der Waals surface area contributed by atoms with E-state index < -0.39 is 8.07 Å². The van der Waals surface area contributed by atoms with Crippen molar-refractivity contribution >= 4 is 64.9 Å². The molecule has 0 bridgehead atoms. The lowest BCUT2D eigenvalue weighted by Crippen LogP contribution is -2.48. The van der Waals surface area contributed by atoms with Crippen LogP contribution in [-0.2, 0) is 0 Å². The van der Waals surface area contributed by atoms with Gasteiger partial charge in [-0.3, -0.25) is 0 Å². The van der Waals surface area contributed by atoms with Crippen LogP contribution in [0, 0.1) is 0 Å². The molecule has 2 fully saturated rings. The molecule has 0 aromatic heterocycles. The predicted molar refractivity (Wildman–Crippen MR) is 222 cm³/mol. The molecule has 4 atom stereocenters. The van der Waals surface area contributed by atoms with E-state index in [4.69, 9.17) is 0 Å². The second-order valence-electron chi connectivity index (χ2n) is 16.2. The number of thioether (sulfide) groups is 4. The highest BCUT2D eigenvalue weighted by atomic mass is 32.2. The monoisotopic (exact) mass is 728 g/mol. The second-order valence-corrected chi connectivity index (χ2v) is 27.1. The van der Waals surface area contributed by atoms with Crippen LogP contribution in [0.25, 0.3) is 9.81 Å². The Hall–Kier alpha value is -2.02. The van der Waals surface area contributed by atoms with E-state index in [1.165, 1.54) is 59.5 Å². The van der Waals surface area contributed by atoms with Gasteiger partial charge in [-0.2, -0.15) is 0 Å². The van der Waals surface area contributed by atoms with Crippen molar-refractivity contribution in [1.82, 2.24) is 0 Å². The molecule has 0 spiro atoms. The predicted octanol–water partition coefficient (Wildman–Crippen LogP) is 13.2. The van der Waals surface area contributed by atoms with Crippen molar-refractivity contribution in [2.75, 3.05) is 0 Å². The van der Waals surface area contributed by atoms with E-state index in [9.17, 15) is 0 Å². The van der Waals surface area contributed by atoms with E-state index >= 15 is 0 Å². The Kier molecular flexibility index (Phi) is 6.81. The summed E-state index contributed by atoms with van der Waals surface area (Å²) in [4.78, 5) is 2.90. The van der Waals surface area contributed by atoms with Crippen LogP contribution in [0.4, 0.5) is 0 Å². The largest absolute Gasteiger partial charge is 0.128 e. The van der Waals surface area contributed by atoms with Crippen molar-refractivity contribution in [3.05, 3.63) is 150 Å². The molecule has 0 saturated heterocycles. The third kappa shape index (κ3) is 4.06. The van der Waals surface area contributed by atoms with Crippen LogP contribution < -0.4 is 0 Å². The Morgan fingerprint density at radius 1 is 0.449 bits per heavy atom. The van der Waals surface area contributed by atoms with E-state index in [0.29, 0.717) is 0 Å². The van der Waals surface area contributed by atoms with Gasteiger partial charge in [0.25, 0.3) is 0 Å². The zero-order chi connectivity index (χ0) is 33.6. The number of benzene rings is 2. The maximum Gasteiger partial charge on any atom is 0.128 e. The first-order valence-electron chi connectivity index (χ1n) is 18.2. The Balaban J connectivity index is 1.04. The van der Waals surface area contributed by atoms with Crippen molar-refractivity contribution in [2.45, 2.75) is 98.3 Å². The second kappa shape index (κ2) is 10.5. The molecule has 0 radical (unpaired) electrons. The number of fused-ring (bicyclic) bond motifs is 8. The number of allylic oxidation sites excluding steroid dienone is 8. The molecule has 8 aliphatic rings. The summed E-state index contributed by atoms with van der Waals surface area (Å²) in [5.41, 5.74) is 16.0. The Bertz CT molecular complexity index is 1990. The van der Waals surface area contributed by atoms with Gasteiger partial charge in [-0.1, -0.05) is 85.9 Å². The molecule has 4 aliphatic heterocycles. The van der Waals surface area contributed by atoms with E-state index in [1.807, 2.05) is 0 Å². The number of hydrogen-bond donors (Lipinski definition) is 0. The first-order valence-corrected chi connectivity index (χ1v) is 24.4. The minimum absolute atomic E-state index is 0.0247. The summed E-state index contributed by atoms with van der Waals surface area (Å²) in [6.45, 7) is 15.7. The van der Waals surface area contributed by atoms with Gasteiger partial charge in [0.1, 0.15) is 8.07 Å². The van der Waals surface area contributed by atoms with Crippen LogP contribution >= 0.6 is 47.0 Å². The molecule has 4 heterocycles. The lowest BCUT2D eigenvalue weighted by molar-refractivity contribution is 0.607. The topological polar surface area (TPSA) is 0 Å². The van der Waals surface area contributed by atoms with Crippen molar-refractivity contribution in [3.63, 3.8) is 0 Å². The number of hydrogen-bond acceptors (Lipinski definition) is 4. The average Bonchev–Trinajstić information content (AvgIpc) is 3.93. The van der Waals surface area contributed by atoms with Crippen molar-refractivity contribution in [2.24, 2.45) is 0 Å². The van der Waals surface area contributed by atoms with Crippen molar-refractivity contribution in [3.8, 4) is 0 Å². The molecule has 2 aromatic rings. The molecular weight excluding hydrogens is 685 g/mol. The summed E-state index contributed by atoms with van der Waals surface area (Å²) in [6, 6.07) is 22.3. The molecule has 10 rings (SSSR count). The smallest absolute Gasteiger partial charge is 0.121 e. The Morgan fingerprint density at radius 2 is 0.776 bits per heavy atom. The molecular formula is C44H44S4Si. The maximum absolute atomic E-state index is 2.75. The van der Waals surface area contributed by atoms with E-state index in [1.54, 1.807) is 53.6 Å². The third-order valence-corrected chi connectivity index (χ3v) is 26.0. The molecule has 4 aliphatic carbocycles. The molecule has 2 aromatic carbocycles. The van der Waals surface area contributed by atoms with Crippen LogP contribution in [0.3, 0.4) is 0 Å². The quantitative estimate of drug-likeness (QED) is 0.287. The molecule has 0 nitrogen and oxygen atoms in total. The lowest BCUT2D eigenvalue weighted by Gasteiger charge is -2.48. The van der Waals surface area contributed by atoms with Crippen LogP contribution in [-0.4, -0.2) is 27.1 Å². The fraction of sp³-hybridized carbons (Fsp3) is 0.364. The minimum atomic E-state index is -2.02. The minimum Gasteiger partial charge on any atom is -0.121 e. The normalized spacial score (nSPS) is 34.4. The van der Waals surface area contributed by atoms with Gasteiger partial charge in [-0.15, -0.1) is 47.0 Å². The molecule has 5 heteroatoms. The van der Waals surface area contributed by atoms with Crippen LogP contribution in [0.2, 0.25) is 13.1 Å². The molecule has 0 N–H and O–H groups in total. The number of rotatable bonds is 4. The van der Waals surface area contributed by atoms with Gasteiger partial charge < -0.3 is 0 Å². The van der Waals surface area contributed by atoms with Gasteiger partial charge in [0.15, 0.2) is 0 Å². The summed E-state index contributed by atoms with van der Waals surface area (Å²) in [6.07, 6.45) is 18.2. The molecule has 49 heavy (non-hydrogen) atoms. The maximum atomic E-state index is 2.75. The molecule has 2 saturated carbocycles. The third-order valence-electron chi connectivity index (χ3n) is 13.3. The molecule has 248 valence electrons. The Morgan fingerprint density at radius 3 is 1.14 bits per heavy atom. The van der Waals surface area contributed by atoms with Gasteiger partial charge >= 0.3 is 0 Å². The zero-order valence-corrected chi connectivity index (χ0v) is 33.7. The molecule has 0 unspecified atom stereocenters. The van der Waals surface area contributed by atoms with Gasteiger partial charge in [-0.05, 0) is 143 Å². The van der Waals surface area contributed by atoms with Gasteiger partial charge in [0.2, 0.25) is 0 Å². The van der Waals surface area contributed by atoms with Gasteiger partial charge in [0, 0.05) is 9.81 Å². The zero-order valence-electron chi connectivity index (χ0n) is 29.5. The van der Waals surface area contributed by atoms with Crippen LogP contribution in [0.5, 0.6) is 0 Å². The van der Waals surface area contributed by atoms with Gasteiger partial charge in [-0.25, -0.2) is 0 Å². The standard InChI is InChI=1S/C44H44S4Si/c1-41-33(23-37(45-41)27-15-9-7-10-16-27)29-19-13-21-31(29)35-25-39(47-43(35,41)3)49(5,6)40-26-36-32-22-14-20-30(32)34-24-38(28-17-11-8-12-18-28)46-42(34,2)44(36,4)48-40/h7-12,15-18,23-26H,13-14,19-22H2,1-6H3/t41-,42-,43-,44-/m1/s1. The fourth-order valence-corrected chi connectivity index (χ4v) is 21.3. The van der Waals surface area contributed by atoms with Crippen LogP contribution in [0.1, 0.15) is 77.3 Å². The SMILES string of the molecule is C[C@@]12SC(c3ccccc3)=CC1=C1CCCC1=C1C=C([Si](C)(C)C3=CC4=C5CCCC5=C5C=C(c6ccccc6)S[C@@]5(C)[C@]4(C)S3)S[C@]12C. The van der Waals surface area contributed by atoms with E-state index in [2.05, 4.69) is 173 Å². The highest BCUT2D eigenvalue weighted by Gasteiger charge is 2.63.